The zero-order valence-electron chi connectivity index (χ0n) is 11.1. The number of rotatable bonds is 3. The SMILES string of the molecule is CC1CN(c2nc(NN)nc3[nH]ncc23)CC(CO)O1. The van der Waals surface area contributed by atoms with Crippen LogP contribution in [0.15, 0.2) is 6.20 Å². The maximum absolute atomic E-state index is 9.31. The third-order valence-electron chi connectivity index (χ3n) is 3.25. The number of hydrogen-bond acceptors (Lipinski definition) is 8. The van der Waals surface area contributed by atoms with Crippen molar-refractivity contribution < 1.29 is 9.84 Å². The molecule has 0 aromatic carbocycles. The molecule has 9 heteroatoms. The van der Waals surface area contributed by atoms with Crippen molar-refractivity contribution in [2.45, 2.75) is 19.1 Å². The number of ether oxygens (including phenoxy) is 1. The second kappa shape index (κ2) is 5.19. The maximum atomic E-state index is 9.31. The number of aliphatic hydroxyl groups is 1. The summed E-state index contributed by atoms with van der Waals surface area (Å²) in [6.07, 6.45) is 1.45. The molecule has 9 nitrogen and oxygen atoms in total. The van der Waals surface area contributed by atoms with Crippen molar-refractivity contribution >= 4 is 22.8 Å². The van der Waals surface area contributed by atoms with Gasteiger partial charge in [0.25, 0.3) is 0 Å². The molecule has 0 spiro atoms. The zero-order chi connectivity index (χ0) is 14.1. The fraction of sp³-hybridized carbons (Fsp3) is 0.545. The van der Waals surface area contributed by atoms with E-state index < -0.39 is 0 Å². The van der Waals surface area contributed by atoms with E-state index in [0.29, 0.717) is 24.7 Å². The summed E-state index contributed by atoms with van der Waals surface area (Å²) in [7, 11) is 0. The fourth-order valence-corrected chi connectivity index (χ4v) is 2.44. The van der Waals surface area contributed by atoms with Gasteiger partial charge in [-0.1, -0.05) is 0 Å². The first kappa shape index (κ1) is 13.0. The first-order chi connectivity index (χ1) is 9.71. The van der Waals surface area contributed by atoms with Gasteiger partial charge >= 0.3 is 0 Å². The number of nitrogens with one attached hydrogen (secondary N) is 2. The van der Waals surface area contributed by atoms with Crippen LogP contribution in [0, 0.1) is 0 Å². The minimum atomic E-state index is -0.232. The van der Waals surface area contributed by atoms with E-state index in [1.54, 1.807) is 6.20 Å². The molecule has 0 amide bonds. The highest BCUT2D eigenvalue weighted by molar-refractivity contribution is 5.87. The number of aromatic nitrogens is 4. The first-order valence-electron chi connectivity index (χ1n) is 6.40. The Morgan fingerprint density at radius 2 is 2.40 bits per heavy atom. The van der Waals surface area contributed by atoms with Crippen LogP contribution < -0.4 is 16.2 Å². The molecule has 0 saturated carbocycles. The van der Waals surface area contributed by atoms with E-state index in [0.717, 1.165) is 11.2 Å². The molecule has 108 valence electrons. The van der Waals surface area contributed by atoms with Crippen LogP contribution in [0.25, 0.3) is 11.0 Å². The van der Waals surface area contributed by atoms with Gasteiger partial charge in [0, 0.05) is 13.1 Å². The zero-order valence-corrected chi connectivity index (χ0v) is 11.1. The van der Waals surface area contributed by atoms with Gasteiger partial charge in [-0.2, -0.15) is 15.1 Å². The van der Waals surface area contributed by atoms with Crippen LogP contribution >= 0.6 is 0 Å². The summed E-state index contributed by atoms with van der Waals surface area (Å²) in [5.74, 6) is 6.44. The average Bonchev–Trinajstić information content (AvgIpc) is 2.93. The summed E-state index contributed by atoms with van der Waals surface area (Å²) in [5.41, 5.74) is 3.06. The maximum Gasteiger partial charge on any atom is 0.241 e. The number of fused-ring (bicyclic) bond motifs is 1. The lowest BCUT2D eigenvalue weighted by Crippen LogP contribution is -2.48. The molecular weight excluding hydrogens is 262 g/mol. The molecule has 1 fully saturated rings. The van der Waals surface area contributed by atoms with Gasteiger partial charge in [0.2, 0.25) is 5.95 Å². The molecule has 3 heterocycles. The Morgan fingerprint density at radius 3 is 3.15 bits per heavy atom. The van der Waals surface area contributed by atoms with Gasteiger partial charge in [0.15, 0.2) is 5.65 Å². The average molecular weight is 279 g/mol. The number of nitrogens with two attached hydrogens (primary N) is 1. The van der Waals surface area contributed by atoms with Crippen molar-refractivity contribution in [3.8, 4) is 0 Å². The molecule has 0 radical (unpaired) electrons. The van der Waals surface area contributed by atoms with Crippen molar-refractivity contribution in [2.75, 3.05) is 30.0 Å². The Bertz CT molecular complexity index is 601. The lowest BCUT2D eigenvalue weighted by molar-refractivity contribution is -0.0422. The lowest BCUT2D eigenvalue weighted by atomic mass is 10.2. The highest BCUT2D eigenvalue weighted by Crippen LogP contribution is 2.26. The van der Waals surface area contributed by atoms with E-state index in [1.165, 1.54) is 0 Å². The first-order valence-corrected chi connectivity index (χ1v) is 6.40. The molecule has 2 atom stereocenters. The van der Waals surface area contributed by atoms with Crippen LogP contribution in [-0.2, 0) is 4.74 Å². The van der Waals surface area contributed by atoms with Crippen LogP contribution in [0.5, 0.6) is 0 Å². The molecule has 20 heavy (non-hydrogen) atoms. The summed E-state index contributed by atoms with van der Waals surface area (Å²) in [5, 5.41) is 16.9. The number of anilines is 2. The molecule has 3 rings (SSSR count). The van der Waals surface area contributed by atoms with Crippen molar-refractivity contribution in [3.05, 3.63) is 6.20 Å². The normalized spacial score (nSPS) is 23.2. The summed E-state index contributed by atoms with van der Waals surface area (Å²) >= 11 is 0. The number of H-pyrrole nitrogens is 1. The molecule has 1 aliphatic rings. The highest BCUT2D eigenvalue weighted by atomic mass is 16.5. The van der Waals surface area contributed by atoms with Gasteiger partial charge in [0.05, 0.1) is 30.4 Å². The highest BCUT2D eigenvalue weighted by Gasteiger charge is 2.27. The number of aliphatic hydroxyl groups excluding tert-OH is 1. The summed E-state index contributed by atoms with van der Waals surface area (Å²) < 4.78 is 5.64. The monoisotopic (exact) mass is 279 g/mol. The number of morpholine rings is 1. The van der Waals surface area contributed by atoms with Gasteiger partial charge in [-0.15, -0.1) is 0 Å². The van der Waals surface area contributed by atoms with Crippen LogP contribution in [-0.4, -0.2) is 57.2 Å². The van der Waals surface area contributed by atoms with E-state index in [4.69, 9.17) is 10.6 Å². The summed E-state index contributed by atoms with van der Waals surface area (Å²) in [6, 6.07) is 0. The van der Waals surface area contributed by atoms with Crippen molar-refractivity contribution in [2.24, 2.45) is 5.84 Å². The Labute approximate surface area is 115 Å². The molecule has 0 bridgehead atoms. The van der Waals surface area contributed by atoms with Gasteiger partial charge in [-0.05, 0) is 6.92 Å². The number of aromatic amines is 1. The molecule has 1 saturated heterocycles. The third-order valence-corrected chi connectivity index (χ3v) is 3.25. The fourth-order valence-electron chi connectivity index (χ4n) is 2.44. The summed E-state index contributed by atoms with van der Waals surface area (Å²) in [4.78, 5) is 10.6. The Kier molecular flexibility index (Phi) is 3.38. The van der Waals surface area contributed by atoms with E-state index in [9.17, 15) is 5.11 Å². The van der Waals surface area contributed by atoms with E-state index in [2.05, 4.69) is 30.5 Å². The van der Waals surface area contributed by atoms with Crippen LogP contribution in [0.1, 0.15) is 6.92 Å². The lowest BCUT2D eigenvalue weighted by Gasteiger charge is -2.37. The topological polar surface area (TPSA) is 125 Å². The van der Waals surface area contributed by atoms with Gasteiger partial charge in [-0.25, -0.2) is 5.84 Å². The number of nitrogen functional groups attached to an aromatic ring is 1. The minimum Gasteiger partial charge on any atom is -0.394 e. The molecule has 2 aromatic rings. The van der Waals surface area contributed by atoms with Crippen LogP contribution in [0.4, 0.5) is 11.8 Å². The van der Waals surface area contributed by atoms with E-state index >= 15 is 0 Å². The predicted octanol–water partition coefficient (Wildman–Crippen LogP) is -0.775. The third kappa shape index (κ3) is 2.26. The molecule has 2 unspecified atom stereocenters. The minimum absolute atomic E-state index is 0.00658. The smallest absolute Gasteiger partial charge is 0.241 e. The van der Waals surface area contributed by atoms with Gasteiger partial charge in [0.1, 0.15) is 5.82 Å². The quantitative estimate of drug-likeness (QED) is 0.426. The predicted molar refractivity (Wildman–Crippen MR) is 73.1 cm³/mol. The van der Waals surface area contributed by atoms with Gasteiger partial charge < -0.3 is 14.7 Å². The molecular formula is C11H17N7O2. The molecule has 2 aromatic heterocycles. The van der Waals surface area contributed by atoms with Crippen molar-refractivity contribution in [3.63, 3.8) is 0 Å². The Morgan fingerprint density at radius 1 is 1.55 bits per heavy atom. The number of nitrogens with zero attached hydrogens (tertiary/aromatic N) is 4. The van der Waals surface area contributed by atoms with E-state index in [1.807, 2.05) is 6.92 Å². The van der Waals surface area contributed by atoms with Crippen LogP contribution in [0.2, 0.25) is 0 Å². The largest absolute Gasteiger partial charge is 0.394 e. The standard InChI is InChI=1S/C11H17N7O2/c1-6-3-18(4-7(5-19)20-6)10-8-2-13-17-9(8)14-11(15-10)16-12/h2,6-7,19H,3-5,12H2,1H3,(H2,13,14,15,16,17). The van der Waals surface area contributed by atoms with Crippen LogP contribution in [0.3, 0.4) is 0 Å². The molecule has 0 aliphatic carbocycles. The molecule has 5 N–H and O–H groups in total. The molecule has 1 aliphatic heterocycles. The number of hydrazine groups is 1. The second-order valence-corrected chi connectivity index (χ2v) is 4.80. The van der Waals surface area contributed by atoms with Gasteiger partial charge in [-0.3, -0.25) is 10.5 Å². The Balaban J connectivity index is 2.01. The van der Waals surface area contributed by atoms with E-state index in [-0.39, 0.29) is 18.8 Å². The number of hydrogen-bond donors (Lipinski definition) is 4. The summed E-state index contributed by atoms with van der Waals surface area (Å²) in [6.45, 7) is 3.17. The Hall–Kier alpha value is -1.97. The van der Waals surface area contributed by atoms with Crippen molar-refractivity contribution in [1.82, 2.24) is 20.2 Å². The van der Waals surface area contributed by atoms with Crippen molar-refractivity contribution in [1.29, 1.82) is 0 Å². The second-order valence-electron chi connectivity index (χ2n) is 4.80.